The third-order valence-electron chi connectivity index (χ3n) is 0.959. The fraction of sp³-hybridized carbons (Fsp3) is 1.00. The summed E-state index contributed by atoms with van der Waals surface area (Å²) < 4.78 is 0. The molecule has 3 heteroatoms. The van der Waals surface area contributed by atoms with E-state index in [1.807, 2.05) is 20.9 Å². The van der Waals surface area contributed by atoms with Crippen LogP contribution in [0.5, 0.6) is 0 Å². The first-order chi connectivity index (χ1) is 3.62. The van der Waals surface area contributed by atoms with E-state index in [1.165, 1.54) is 0 Å². The number of hydrogen-bond acceptors (Lipinski definition) is 3. The average molecular weight is 118 g/mol. The van der Waals surface area contributed by atoms with Crippen molar-refractivity contribution < 1.29 is 4.84 Å². The zero-order chi connectivity index (χ0) is 6.62. The lowest BCUT2D eigenvalue weighted by atomic mass is 10.3. The molecule has 50 valence electrons. The van der Waals surface area contributed by atoms with Gasteiger partial charge in [0, 0.05) is 7.05 Å². The van der Waals surface area contributed by atoms with Crippen molar-refractivity contribution in [1.29, 1.82) is 0 Å². The van der Waals surface area contributed by atoms with E-state index in [4.69, 9.17) is 4.84 Å². The summed E-state index contributed by atoms with van der Waals surface area (Å²) in [6, 6.07) is 0. The number of hydrogen-bond donors (Lipinski definition) is 2. The summed E-state index contributed by atoms with van der Waals surface area (Å²) in [6.45, 7) is 3.87. The molecule has 8 heavy (non-hydrogen) atoms. The highest BCUT2D eigenvalue weighted by Gasteiger charge is 2.12. The highest BCUT2D eigenvalue weighted by Crippen LogP contribution is 1.97. The van der Waals surface area contributed by atoms with Gasteiger partial charge in [0.2, 0.25) is 0 Å². The summed E-state index contributed by atoms with van der Waals surface area (Å²) in [7, 11) is 3.58. The van der Waals surface area contributed by atoms with Crippen LogP contribution in [-0.2, 0) is 4.84 Å². The third-order valence-corrected chi connectivity index (χ3v) is 0.959. The molecule has 0 aromatic heterocycles. The molecule has 0 aliphatic rings. The minimum Gasteiger partial charge on any atom is -0.291 e. The van der Waals surface area contributed by atoms with Crippen molar-refractivity contribution in [2.45, 2.75) is 19.6 Å². The van der Waals surface area contributed by atoms with Crippen LogP contribution in [0.25, 0.3) is 0 Å². The summed E-state index contributed by atoms with van der Waals surface area (Å²) in [4.78, 5) is 5.02. The molecule has 0 amide bonds. The van der Waals surface area contributed by atoms with Crippen LogP contribution in [0.1, 0.15) is 13.8 Å². The van der Waals surface area contributed by atoms with Crippen LogP contribution in [0.4, 0.5) is 0 Å². The highest BCUT2D eigenvalue weighted by molar-refractivity contribution is 4.58. The fourth-order valence-corrected chi connectivity index (χ4v) is 0.306. The van der Waals surface area contributed by atoms with Crippen LogP contribution in [-0.4, -0.2) is 19.8 Å². The lowest BCUT2D eigenvalue weighted by Crippen LogP contribution is -2.42. The van der Waals surface area contributed by atoms with E-state index in [-0.39, 0.29) is 5.72 Å². The Balaban J connectivity index is 3.37. The van der Waals surface area contributed by atoms with Crippen LogP contribution in [0.15, 0.2) is 0 Å². The second-order valence-corrected chi connectivity index (χ2v) is 2.07. The Morgan fingerprint density at radius 2 is 1.75 bits per heavy atom. The maximum absolute atomic E-state index is 5.02. The van der Waals surface area contributed by atoms with E-state index in [0.717, 1.165) is 0 Å². The number of nitrogens with one attached hydrogen (secondary N) is 2. The van der Waals surface area contributed by atoms with Gasteiger partial charge in [0.05, 0.1) is 0 Å². The van der Waals surface area contributed by atoms with Crippen molar-refractivity contribution in [1.82, 2.24) is 10.8 Å². The average Bonchev–Trinajstić information content (AvgIpc) is 1.67. The van der Waals surface area contributed by atoms with Crippen molar-refractivity contribution in [2.24, 2.45) is 0 Å². The first-order valence-corrected chi connectivity index (χ1v) is 2.66. The van der Waals surface area contributed by atoms with Gasteiger partial charge in [0.15, 0.2) is 0 Å². The molecule has 0 aromatic rings. The summed E-state index contributed by atoms with van der Waals surface area (Å²) in [5, 5.41) is 2.96. The molecule has 0 saturated heterocycles. The summed E-state index contributed by atoms with van der Waals surface area (Å²) in [5.41, 5.74) is 2.33. The Bertz CT molecular complexity index is 63.4. The van der Waals surface area contributed by atoms with Crippen LogP contribution < -0.4 is 10.8 Å². The molecule has 0 unspecified atom stereocenters. The first kappa shape index (κ1) is 7.88. The van der Waals surface area contributed by atoms with Gasteiger partial charge in [-0.15, -0.1) is 0 Å². The Morgan fingerprint density at radius 3 is 1.88 bits per heavy atom. The fourth-order valence-electron chi connectivity index (χ4n) is 0.306. The lowest BCUT2D eigenvalue weighted by Gasteiger charge is -2.22. The van der Waals surface area contributed by atoms with Gasteiger partial charge >= 0.3 is 0 Å². The number of hydroxylamine groups is 1. The second-order valence-electron chi connectivity index (χ2n) is 2.07. The minimum atomic E-state index is -0.269. The topological polar surface area (TPSA) is 33.3 Å². The first-order valence-electron chi connectivity index (χ1n) is 2.66. The van der Waals surface area contributed by atoms with Crippen molar-refractivity contribution in [3.05, 3.63) is 0 Å². The molecule has 0 spiro atoms. The van der Waals surface area contributed by atoms with E-state index in [0.29, 0.717) is 0 Å². The Kier molecular flexibility index (Phi) is 2.97. The predicted molar refractivity (Wildman–Crippen MR) is 33.3 cm³/mol. The molecule has 0 aliphatic heterocycles. The van der Waals surface area contributed by atoms with Crippen molar-refractivity contribution in [3.8, 4) is 0 Å². The quantitative estimate of drug-likeness (QED) is 0.407. The third kappa shape index (κ3) is 2.96. The monoisotopic (exact) mass is 118 g/mol. The van der Waals surface area contributed by atoms with Crippen molar-refractivity contribution >= 4 is 0 Å². The molecule has 0 fully saturated rings. The zero-order valence-corrected chi connectivity index (χ0v) is 5.91. The summed E-state index contributed by atoms with van der Waals surface area (Å²) in [6.07, 6.45) is 0. The maximum Gasteiger partial charge on any atom is 0.134 e. The van der Waals surface area contributed by atoms with E-state index >= 15 is 0 Å². The van der Waals surface area contributed by atoms with E-state index in [1.54, 1.807) is 7.05 Å². The van der Waals surface area contributed by atoms with Gasteiger partial charge in [0.25, 0.3) is 0 Å². The predicted octanol–water partition coefficient (Wildman–Crippen LogP) is 0.0929. The Labute approximate surface area is 50.4 Å². The molecule has 0 aliphatic carbocycles. The molecular weight excluding hydrogens is 104 g/mol. The molecule has 2 N–H and O–H groups in total. The Morgan fingerprint density at radius 1 is 1.25 bits per heavy atom. The van der Waals surface area contributed by atoms with Gasteiger partial charge in [-0.1, -0.05) is 0 Å². The summed E-state index contributed by atoms with van der Waals surface area (Å²) in [5.74, 6) is 0. The molecule has 0 radical (unpaired) electrons. The smallest absolute Gasteiger partial charge is 0.134 e. The van der Waals surface area contributed by atoms with Gasteiger partial charge in [-0.05, 0) is 20.9 Å². The van der Waals surface area contributed by atoms with Crippen LogP contribution >= 0.6 is 0 Å². The van der Waals surface area contributed by atoms with Gasteiger partial charge in [-0.3, -0.25) is 10.2 Å². The molecule has 0 rings (SSSR count). The second kappa shape index (κ2) is 3.02. The highest BCUT2D eigenvalue weighted by atomic mass is 16.7. The van der Waals surface area contributed by atoms with Gasteiger partial charge in [-0.2, -0.15) is 0 Å². The Hall–Kier alpha value is -0.120. The van der Waals surface area contributed by atoms with E-state index in [2.05, 4.69) is 10.8 Å². The van der Waals surface area contributed by atoms with Crippen LogP contribution in [0.3, 0.4) is 0 Å². The largest absolute Gasteiger partial charge is 0.291 e. The van der Waals surface area contributed by atoms with Crippen LogP contribution in [0, 0.1) is 0 Å². The molecule has 0 aromatic carbocycles. The standard InChI is InChI=1S/C5H14N2O/c1-5(2,6-3)8-7-4/h6-7H,1-4H3. The van der Waals surface area contributed by atoms with E-state index in [9.17, 15) is 0 Å². The molecule has 0 atom stereocenters. The van der Waals surface area contributed by atoms with Gasteiger partial charge in [-0.25, -0.2) is 5.48 Å². The van der Waals surface area contributed by atoms with Gasteiger partial charge in [0.1, 0.15) is 5.72 Å². The molecule has 0 heterocycles. The molecule has 0 bridgehead atoms. The van der Waals surface area contributed by atoms with Gasteiger partial charge < -0.3 is 0 Å². The SMILES string of the molecule is CNOC(C)(C)NC. The van der Waals surface area contributed by atoms with E-state index < -0.39 is 0 Å². The normalized spacial score (nSPS) is 12.0. The molecule has 0 saturated carbocycles. The summed E-state index contributed by atoms with van der Waals surface area (Å²) >= 11 is 0. The van der Waals surface area contributed by atoms with Crippen LogP contribution in [0.2, 0.25) is 0 Å². The zero-order valence-electron chi connectivity index (χ0n) is 5.91. The number of rotatable bonds is 3. The van der Waals surface area contributed by atoms with Crippen molar-refractivity contribution in [2.75, 3.05) is 14.1 Å². The lowest BCUT2D eigenvalue weighted by molar-refractivity contribution is -0.0905. The maximum atomic E-state index is 5.02. The van der Waals surface area contributed by atoms with Crippen molar-refractivity contribution in [3.63, 3.8) is 0 Å². The molecule has 3 nitrogen and oxygen atoms in total. The minimum absolute atomic E-state index is 0.269. The molecular formula is C5H14N2O.